The lowest BCUT2D eigenvalue weighted by Crippen LogP contribution is -2.23. The molecule has 0 heterocycles. The van der Waals surface area contributed by atoms with Crippen molar-refractivity contribution in [1.29, 1.82) is 0 Å². The summed E-state index contributed by atoms with van der Waals surface area (Å²) in [4.78, 5) is 12.6. The molecular weight excluding hydrogens is 517 g/mol. The molecule has 3 rings (SSSR count). The van der Waals surface area contributed by atoms with E-state index in [9.17, 15) is 18.0 Å². The number of nitrogens with one attached hydrogen (secondary N) is 2. The summed E-state index contributed by atoms with van der Waals surface area (Å²) in [5.74, 6) is -0.151. The molecule has 2 N–H and O–H groups in total. The van der Waals surface area contributed by atoms with Crippen LogP contribution in [0.2, 0.25) is 0 Å². The zero-order valence-corrected chi connectivity index (χ0v) is 21.3. The molecule has 7 heteroatoms. The van der Waals surface area contributed by atoms with Gasteiger partial charge in [-0.3, -0.25) is 4.79 Å². The molecule has 0 spiro atoms. The van der Waals surface area contributed by atoms with Crippen LogP contribution >= 0.6 is 15.9 Å². The Labute approximate surface area is 213 Å². The smallest absolute Gasteiger partial charge is 0.348 e. The van der Waals surface area contributed by atoms with Gasteiger partial charge in [0.1, 0.15) is 0 Å². The highest BCUT2D eigenvalue weighted by Gasteiger charge is 2.29. The van der Waals surface area contributed by atoms with E-state index in [0.29, 0.717) is 25.2 Å². The predicted molar refractivity (Wildman–Crippen MR) is 137 cm³/mol. The maximum absolute atomic E-state index is 12.7. The quantitative estimate of drug-likeness (QED) is 0.245. The van der Waals surface area contributed by atoms with E-state index in [4.69, 9.17) is 0 Å². The van der Waals surface area contributed by atoms with Crippen LogP contribution in [-0.4, -0.2) is 5.91 Å². The van der Waals surface area contributed by atoms with Crippen molar-refractivity contribution in [2.45, 2.75) is 58.4 Å². The molecule has 3 aromatic carbocycles. The molecule has 0 atom stereocenters. The Morgan fingerprint density at radius 1 is 0.829 bits per heavy atom. The number of carbonyl (C=O) groups excluding carboxylic acids is 1. The van der Waals surface area contributed by atoms with Crippen LogP contribution in [0.15, 0.2) is 71.2 Å². The van der Waals surface area contributed by atoms with Crippen LogP contribution in [0.25, 0.3) is 0 Å². The van der Waals surface area contributed by atoms with Crippen molar-refractivity contribution in [3.63, 3.8) is 0 Å². The number of halogens is 4. The number of hydrogen-bond acceptors (Lipinski definition) is 2. The maximum atomic E-state index is 12.7. The van der Waals surface area contributed by atoms with Crippen molar-refractivity contribution in [3.05, 3.63) is 105 Å². The van der Waals surface area contributed by atoms with Gasteiger partial charge >= 0.3 is 6.18 Å². The van der Waals surface area contributed by atoms with Gasteiger partial charge in [-0.1, -0.05) is 78.2 Å². The fourth-order valence-electron chi connectivity index (χ4n) is 3.67. The number of amides is 1. The largest absolute Gasteiger partial charge is 0.416 e. The molecule has 0 saturated carbocycles. The number of carbonyl (C=O) groups is 1. The number of rotatable bonds is 11. The lowest BCUT2D eigenvalue weighted by Gasteiger charge is -2.11. The van der Waals surface area contributed by atoms with E-state index < -0.39 is 11.7 Å². The Bertz CT molecular complexity index is 1100. The van der Waals surface area contributed by atoms with Crippen LogP contribution in [0, 0.1) is 0 Å². The minimum atomic E-state index is -4.33. The molecular formula is C28H30BrF3N2O. The zero-order chi connectivity index (χ0) is 25.3. The lowest BCUT2D eigenvalue weighted by atomic mass is 10.1. The van der Waals surface area contributed by atoms with Gasteiger partial charge in [0.15, 0.2) is 0 Å². The van der Waals surface area contributed by atoms with E-state index in [1.165, 1.54) is 37.0 Å². The van der Waals surface area contributed by atoms with Crippen LogP contribution in [0.3, 0.4) is 0 Å². The second-order valence-electron chi connectivity index (χ2n) is 8.56. The summed E-state index contributed by atoms with van der Waals surface area (Å²) >= 11 is 3.52. The standard InChI is InChI=1S/C28H30BrF3N2O/c1-2-3-4-5-20-6-8-22(9-7-20)18-34-27(35)23-12-13-24(26(29)16-23)19-33-17-21-10-14-25(15-11-21)28(30,31)32/h6-16,33H,2-5,17-19H2,1H3,(H,34,35). The number of hydrogen-bond donors (Lipinski definition) is 2. The van der Waals surface area contributed by atoms with E-state index in [0.717, 1.165) is 39.7 Å². The monoisotopic (exact) mass is 546 g/mol. The third kappa shape index (κ3) is 8.51. The van der Waals surface area contributed by atoms with E-state index in [-0.39, 0.29) is 5.91 Å². The molecule has 3 aromatic rings. The first-order valence-corrected chi connectivity index (χ1v) is 12.6. The summed E-state index contributed by atoms with van der Waals surface area (Å²) in [7, 11) is 0. The van der Waals surface area contributed by atoms with Gasteiger partial charge < -0.3 is 10.6 Å². The number of alkyl halides is 3. The third-order valence-electron chi connectivity index (χ3n) is 5.79. The Morgan fingerprint density at radius 2 is 1.46 bits per heavy atom. The summed E-state index contributed by atoms with van der Waals surface area (Å²) in [5.41, 5.74) is 3.99. The second-order valence-corrected chi connectivity index (χ2v) is 9.42. The minimum absolute atomic E-state index is 0.151. The van der Waals surface area contributed by atoms with E-state index in [1.807, 2.05) is 6.07 Å². The minimum Gasteiger partial charge on any atom is -0.348 e. The Hall–Kier alpha value is -2.64. The van der Waals surface area contributed by atoms with Crippen molar-refractivity contribution in [1.82, 2.24) is 10.6 Å². The Balaban J connectivity index is 1.47. The van der Waals surface area contributed by atoms with Gasteiger partial charge in [0, 0.05) is 29.7 Å². The molecule has 35 heavy (non-hydrogen) atoms. The average Bonchev–Trinajstić information content (AvgIpc) is 2.84. The SMILES string of the molecule is CCCCCc1ccc(CNC(=O)c2ccc(CNCc3ccc(C(F)(F)F)cc3)c(Br)c2)cc1. The maximum Gasteiger partial charge on any atom is 0.416 e. The Morgan fingerprint density at radius 3 is 2.09 bits per heavy atom. The van der Waals surface area contributed by atoms with Crippen molar-refractivity contribution in [2.24, 2.45) is 0 Å². The van der Waals surface area contributed by atoms with Crippen LogP contribution in [0.4, 0.5) is 13.2 Å². The van der Waals surface area contributed by atoms with Crippen LogP contribution in [0.5, 0.6) is 0 Å². The van der Waals surface area contributed by atoms with Gasteiger partial charge in [-0.15, -0.1) is 0 Å². The second kappa shape index (κ2) is 12.9. The molecule has 0 saturated heterocycles. The van der Waals surface area contributed by atoms with Gasteiger partial charge in [0.2, 0.25) is 0 Å². The van der Waals surface area contributed by atoms with Crippen molar-refractivity contribution in [2.75, 3.05) is 0 Å². The van der Waals surface area contributed by atoms with Crippen molar-refractivity contribution in [3.8, 4) is 0 Å². The van der Waals surface area contributed by atoms with Gasteiger partial charge in [-0.2, -0.15) is 13.2 Å². The predicted octanol–water partition coefficient (Wildman–Crippen LogP) is 7.42. The molecule has 0 aromatic heterocycles. The molecule has 0 radical (unpaired) electrons. The van der Waals surface area contributed by atoms with Gasteiger partial charge in [-0.25, -0.2) is 0 Å². The summed E-state index contributed by atoms with van der Waals surface area (Å²) in [6.45, 7) is 3.60. The lowest BCUT2D eigenvalue weighted by molar-refractivity contribution is -0.137. The van der Waals surface area contributed by atoms with E-state index >= 15 is 0 Å². The molecule has 0 aliphatic rings. The average molecular weight is 547 g/mol. The van der Waals surface area contributed by atoms with E-state index in [2.05, 4.69) is 57.8 Å². The number of unbranched alkanes of at least 4 members (excludes halogenated alkanes) is 2. The summed E-state index contributed by atoms with van der Waals surface area (Å²) in [6.07, 6.45) is 0.396. The summed E-state index contributed by atoms with van der Waals surface area (Å²) in [6, 6.07) is 18.9. The highest BCUT2D eigenvalue weighted by atomic mass is 79.9. The third-order valence-corrected chi connectivity index (χ3v) is 6.52. The fourth-order valence-corrected chi connectivity index (χ4v) is 4.19. The van der Waals surface area contributed by atoms with Crippen molar-refractivity contribution < 1.29 is 18.0 Å². The molecule has 0 aliphatic heterocycles. The first-order valence-electron chi connectivity index (χ1n) is 11.8. The molecule has 0 aliphatic carbocycles. The van der Waals surface area contributed by atoms with Crippen LogP contribution < -0.4 is 10.6 Å². The van der Waals surface area contributed by atoms with Gasteiger partial charge in [-0.05, 0) is 59.4 Å². The van der Waals surface area contributed by atoms with Crippen LogP contribution in [-0.2, 0) is 32.2 Å². The Kier molecular flexibility index (Phi) is 9.93. The summed E-state index contributed by atoms with van der Waals surface area (Å²) in [5, 5.41) is 6.18. The number of benzene rings is 3. The normalized spacial score (nSPS) is 11.5. The molecule has 1 amide bonds. The highest BCUT2D eigenvalue weighted by Crippen LogP contribution is 2.29. The molecule has 3 nitrogen and oxygen atoms in total. The highest BCUT2D eigenvalue weighted by molar-refractivity contribution is 9.10. The number of aryl methyl sites for hydroxylation is 1. The summed E-state index contributed by atoms with van der Waals surface area (Å²) < 4.78 is 38.8. The molecule has 0 fully saturated rings. The first kappa shape index (κ1) is 27.0. The first-order chi connectivity index (χ1) is 16.8. The van der Waals surface area contributed by atoms with E-state index in [1.54, 1.807) is 12.1 Å². The molecule has 0 unspecified atom stereocenters. The van der Waals surface area contributed by atoms with Crippen LogP contribution in [0.1, 0.15) is 64.4 Å². The fraction of sp³-hybridized carbons (Fsp3) is 0.321. The molecule has 186 valence electrons. The molecule has 0 bridgehead atoms. The van der Waals surface area contributed by atoms with Crippen molar-refractivity contribution >= 4 is 21.8 Å². The zero-order valence-electron chi connectivity index (χ0n) is 19.7. The van der Waals surface area contributed by atoms with Gasteiger partial charge in [0.05, 0.1) is 5.56 Å². The topological polar surface area (TPSA) is 41.1 Å². The van der Waals surface area contributed by atoms with Gasteiger partial charge in [0.25, 0.3) is 5.91 Å².